The average Bonchev–Trinajstić information content (AvgIpc) is 2.71. The summed E-state index contributed by atoms with van der Waals surface area (Å²) in [5.74, 6) is 1.11. The molecule has 0 amide bonds. The van der Waals surface area contributed by atoms with E-state index >= 15 is 0 Å². The minimum Gasteiger partial charge on any atom is -0.492 e. The first-order valence-electron chi connectivity index (χ1n) is 9.67. The fourth-order valence-electron chi connectivity index (χ4n) is 4.36. The second-order valence-electron chi connectivity index (χ2n) is 7.40. The molecule has 1 aromatic rings. The van der Waals surface area contributed by atoms with Crippen LogP contribution >= 0.6 is 0 Å². The Morgan fingerprint density at radius 3 is 2.79 bits per heavy atom. The molecular weight excluding hydrogens is 300 g/mol. The lowest BCUT2D eigenvalue weighted by Crippen LogP contribution is -2.41. The molecule has 24 heavy (non-hydrogen) atoms. The van der Waals surface area contributed by atoms with Gasteiger partial charge in [0.2, 0.25) is 0 Å². The summed E-state index contributed by atoms with van der Waals surface area (Å²) in [6.45, 7) is 8.02. The van der Waals surface area contributed by atoms with E-state index in [0.717, 1.165) is 64.2 Å². The molecule has 0 spiro atoms. The number of nitrogens with zero attached hydrogens (tertiary/aromatic N) is 2. The molecule has 3 heterocycles. The summed E-state index contributed by atoms with van der Waals surface area (Å²) in [6.07, 6.45) is 6.53. The summed E-state index contributed by atoms with van der Waals surface area (Å²) in [5.41, 5.74) is 2.83. The highest BCUT2D eigenvalue weighted by molar-refractivity contribution is 5.37. The molecule has 0 bridgehead atoms. The largest absolute Gasteiger partial charge is 0.492 e. The van der Waals surface area contributed by atoms with Crippen molar-refractivity contribution in [3.8, 4) is 5.75 Å². The van der Waals surface area contributed by atoms with Crippen LogP contribution in [0.1, 0.15) is 36.8 Å². The number of fused-ring (bicyclic) bond motifs is 2. The van der Waals surface area contributed by atoms with E-state index in [0.29, 0.717) is 0 Å². The molecule has 0 aliphatic carbocycles. The standard InChI is InChI=1S/C20H30N2O2/c1-2-8-22-11-14-24-20-7-4-17(16-21-9-12-23-13-10-21)15-18(20)5-6-19(22)3-1/h4,7,15,19H,1-3,5-6,8-14,16H2/t19-/m1/s1. The summed E-state index contributed by atoms with van der Waals surface area (Å²) in [7, 11) is 0. The second-order valence-corrected chi connectivity index (χ2v) is 7.40. The fraction of sp³-hybridized carbons (Fsp3) is 0.700. The Hall–Kier alpha value is -1.10. The molecule has 132 valence electrons. The predicted molar refractivity (Wildman–Crippen MR) is 95.6 cm³/mol. The maximum Gasteiger partial charge on any atom is 0.122 e. The van der Waals surface area contributed by atoms with Gasteiger partial charge >= 0.3 is 0 Å². The van der Waals surface area contributed by atoms with Gasteiger partial charge in [-0.2, -0.15) is 0 Å². The number of piperidine rings is 1. The Balaban J connectivity index is 1.46. The minimum absolute atomic E-state index is 0.760. The molecular formula is C20H30N2O2. The minimum atomic E-state index is 0.760. The maximum atomic E-state index is 6.13. The molecule has 1 atom stereocenters. The zero-order chi connectivity index (χ0) is 16.2. The van der Waals surface area contributed by atoms with Crippen molar-refractivity contribution in [2.24, 2.45) is 0 Å². The molecule has 0 saturated carbocycles. The molecule has 1 aromatic carbocycles. The molecule has 3 aliphatic heterocycles. The average molecular weight is 330 g/mol. The third-order valence-electron chi connectivity index (χ3n) is 5.77. The molecule has 3 aliphatic rings. The van der Waals surface area contributed by atoms with Gasteiger partial charge in [-0.15, -0.1) is 0 Å². The van der Waals surface area contributed by atoms with Gasteiger partial charge < -0.3 is 9.47 Å². The number of hydrogen-bond acceptors (Lipinski definition) is 4. The van der Waals surface area contributed by atoms with E-state index in [1.165, 1.54) is 43.4 Å². The number of hydrogen-bond donors (Lipinski definition) is 0. The Bertz CT molecular complexity index is 542. The van der Waals surface area contributed by atoms with Gasteiger partial charge in [-0.3, -0.25) is 9.80 Å². The van der Waals surface area contributed by atoms with Crippen LogP contribution < -0.4 is 4.74 Å². The van der Waals surface area contributed by atoms with Crippen LogP contribution in [0, 0.1) is 0 Å². The number of ether oxygens (including phenoxy) is 2. The van der Waals surface area contributed by atoms with Gasteiger partial charge in [0.1, 0.15) is 12.4 Å². The molecule has 2 saturated heterocycles. The lowest BCUT2D eigenvalue weighted by atomic mass is 9.95. The third kappa shape index (κ3) is 3.93. The molecule has 4 heteroatoms. The Labute approximate surface area is 145 Å². The fourth-order valence-corrected chi connectivity index (χ4v) is 4.36. The van der Waals surface area contributed by atoms with Crippen LogP contribution in [0.3, 0.4) is 0 Å². The lowest BCUT2D eigenvalue weighted by Gasteiger charge is -2.35. The molecule has 2 fully saturated rings. The van der Waals surface area contributed by atoms with E-state index in [1.54, 1.807) is 0 Å². The van der Waals surface area contributed by atoms with E-state index < -0.39 is 0 Å². The molecule has 4 rings (SSSR count). The van der Waals surface area contributed by atoms with E-state index in [1.807, 2.05) is 0 Å². The number of morpholine rings is 1. The van der Waals surface area contributed by atoms with Gasteiger partial charge in [-0.25, -0.2) is 0 Å². The van der Waals surface area contributed by atoms with E-state index in [2.05, 4.69) is 28.0 Å². The van der Waals surface area contributed by atoms with Crippen molar-refractivity contribution in [2.75, 3.05) is 46.0 Å². The smallest absolute Gasteiger partial charge is 0.122 e. The summed E-state index contributed by atoms with van der Waals surface area (Å²) in [5, 5.41) is 0. The van der Waals surface area contributed by atoms with Gasteiger partial charge in [0.05, 0.1) is 13.2 Å². The van der Waals surface area contributed by atoms with Crippen LogP contribution in [0.5, 0.6) is 5.75 Å². The van der Waals surface area contributed by atoms with Gasteiger partial charge in [-0.05, 0) is 49.4 Å². The van der Waals surface area contributed by atoms with Crippen molar-refractivity contribution in [2.45, 2.75) is 44.7 Å². The normalized spacial score (nSPS) is 26.4. The molecule has 0 unspecified atom stereocenters. The van der Waals surface area contributed by atoms with E-state index in [4.69, 9.17) is 9.47 Å². The zero-order valence-corrected chi connectivity index (χ0v) is 14.7. The highest BCUT2D eigenvalue weighted by Crippen LogP contribution is 2.28. The highest BCUT2D eigenvalue weighted by atomic mass is 16.5. The molecule has 0 N–H and O–H groups in total. The first-order chi connectivity index (χ1) is 11.9. The topological polar surface area (TPSA) is 24.9 Å². The molecule has 4 nitrogen and oxygen atoms in total. The van der Waals surface area contributed by atoms with Gasteiger partial charge in [0, 0.05) is 32.2 Å². The quantitative estimate of drug-likeness (QED) is 0.832. The summed E-state index contributed by atoms with van der Waals surface area (Å²) in [4.78, 5) is 5.15. The van der Waals surface area contributed by atoms with Gasteiger partial charge in [0.15, 0.2) is 0 Å². The van der Waals surface area contributed by atoms with Crippen molar-refractivity contribution in [3.05, 3.63) is 29.3 Å². The van der Waals surface area contributed by atoms with Crippen LogP contribution in [-0.2, 0) is 17.7 Å². The Kier molecular flexibility index (Phi) is 5.36. The van der Waals surface area contributed by atoms with Crippen LogP contribution in [0.2, 0.25) is 0 Å². The van der Waals surface area contributed by atoms with Crippen molar-refractivity contribution in [3.63, 3.8) is 0 Å². The number of rotatable bonds is 2. The van der Waals surface area contributed by atoms with Gasteiger partial charge in [-0.1, -0.05) is 18.6 Å². The molecule has 0 aromatic heterocycles. The summed E-state index contributed by atoms with van der Waals surface area (Å²) < 4.78 is 11.6. The van der Waals surface area contributed by atoms with Crippen LogP contribution in [0.25, 0.3) is 0 Å². The maximum absolute atomic E-state index is 6.13. The van der Waals surface area contributed by atoms with Crippen LogP contribution in [0.4, 0.5) is 0 Å². The summed E-state index contributed by atoms with van der Waals surface area (Å²) >= 11 is 0. The van der Waals surface area contributed by atoms with E-state index in [-0.39, 0.29) is 0 Å². The Morgan fingerprint density at radius 1 is 0.958 bits per heavy atom. The first kappa shape index (κ1) is 16.4. The first-order valence-corrected chi connectivity index (χ1v) is 9.67. The predicted octanol–water partition coefficient (Wildman–Crippen LogP) is 2.70. The van der Waals surface area contributed by atoms with Crippen molar-refractivity contribution >= 4 is 0 Å². The zero-order valence-electron chi connectivity index (χ0n) is 14.7. The van der Waals surface area contributed by atoms with Crippen LogP contribution in [0.15, 0.2) is 18.2 Å². The Morgan fingerprint density at radius 2 is 1.88 bits per heavy atom. The SMILES string of the molecule is c1cc2c(cc1CN1CCOCC1)CC[C@H]1CCCCN1CCO2. The molecule has 0 radical (unpaired) electrons. The lowest BCUT2D eigenvalue weighted by molar-refractivity contribution is 0.0342. The van der Waals surface area contributed by atoms with Gasteiger partial charge in [0.25, 0.3) is 0 Å². The van der Waals surface area contributed by atoms with E-state index in [9.17, 15) is 0 Å². The number of aryl methyl sites for hydroxylation is 1. The highest BCUT2D eigenvalue weighted by Gasteiger charge is 2.24. The van der Waals surface area contributed by atoms with Crippen LogP contribution in [-0.4, -0.2) is 61.8 Å². The number of benzene rings is 1. The van der Waals surface area contributed by atoms with Crippen molar-refractivity contribution < 1.29 is 9.47 Å². The monoisotopic (exact) mass is 330 g/mol. The second kappa shape index (κ2) is 7.85. The third-order valence-corrected chi connectivity index (χ3v) is 5.77. The van der Waals surface area contributed by atoms with Crippen molar-refractivity contribution in [1.82, 2.24) is 9.80 Å². The summed E-state index contributed by atoms with van der Waals surface area (Å²) in [6, 6.07) is 7.61. The van der Waals surface area contributed by atoms with Crippen molar-refractivity contribution in [1.29, 1.82) is 0 Å².